The molecule has 0 radical (unpaired) electrons. The number of benzene rings is 5. The number of aromatic hydroxyl groups is 1. The predicted molar refractivity (Wildman–Crippen MR) is 124 cm³/mol. The van der Waals surface area contributed by atoms with E-state index >= 15 is 0 Å². The molecule has 5 aromatic carbocycles. The zero-order valence-electron chi connectivity index (χ0n) is 16.7. The van der Waals surface area contributed by atoms with Crippen molar-refractivity contribution >= 4 is 32.3 Å². The smallest absolute Gasteiger partial charge is 0.131 e. The lowest BCUT2D eigenvalue weighted by Gasteiger charge is -2.18. The van der Waals surface area contributed by atoms with E-state index in [9.17, 15) is 9.50 Å². The van der Waals surface area contributed by atoms with Gasteiger partial charge < -0.3 is 5.11 Å². The van der Waals surface area contributed by atoms with Crippen LogP contribution in [0.4, 0.5) is 4.39 Å². The third-order valence-corrected chi connectivity index (χ3v) is 6.10. The Morgan fingerprint density at radius 2 is 1.23 bits per heavy atom. The fourth-order valence-electron chi connectivity index (χ4n) is 4.60. The first kappa shape index (κ1) is 18.6. The number of phenolic OH excluding ortho intramolecular Hbond substituents is 1. The summed E-state index contributed by atoms with van der Waals surface area (Å²) in [6.07, 6.45) is 4.91. The van der Waals surface area contributed by atoms with Crippen molar-refractivity contribution in [3.05, 3.63) is 102 Å². The molecule has 0 heterocycles. The second kappa shape index (κ2) is 7.79. The summed E-state index contributed by atoms with van der Waals surface area (Å²) in [4.78, 5) is 0. The molecular weight excluding hydrogens is 371 g/mol. The fourth-order valence-corrected chi connectivity index (χ4v) is 4.60. The second-order valence-electron chi connectivity index (χ2n) is 7.90. The summed E-state index contributed by atoms with van der Waals surface area (Å²) >= 11 is 0. The van der Waals surface area contributed by atoms with Crippen LogP contribution in [0, 0.1) is 5.82 Å². The van der Waals surface area contributed by atoms with Gasteiger partial charge in [-0.2, -0.15) is 0 Å². The van der Waals surface area contributed by atoms with Gasteiger partial charge in [0, 0.05) is 10.8 Å². The molecule has 0 fully saturated rings. The Labute approximate surface area is 175 Å². The Balaban J connectivity index is 0.000000149. The number of fused-ring (bicyclic) bond motifs is 6. The maximum atomic E-state index is 13.9. The minimum Gasteiger partial charge on any atom is -0.507 e. The molecule has 2 heteroatoms. The van der Waals surface area contributed by atoms with Crippen molar-refractivity contribution in [3.63, 3.8) is 0 Å². The molecular formula is C28H23FO. The monoisotopic (exact) mass is 394 g/mol. The van der Waals surface area contributed by atoms with E-state index in [1.165, 1.54) is 47.2 Å². The van der Waals surface area contributed by atoms with E-state index in [1.807, 2.05) is 48.5 Å². The maximum Gasteiger partial charge on any atom is 0.131 e. The zero-order valence-corrected chi connectivity index (χ0v) is 16.7. The summed E-state index contributed by atoms with van der Waals surface area (Å²) in [6, 6.07) is 27.1. The molecule has 6 rings (SSSR count). The van der Waals surface area contributed by atoms with Gasteiger partial charge in [-0.1, -0.05) is 72.8 Å². The van der Waals surface area contributed by atoms with Crippen LogP contribution in [-0.2, 0) is 12.8 Å². The largest absolute Gasteiger partial charge is 0.507 e. The molecule has 0 amide bonds. The van der Waals surface area contributed by atoms with Crippen LogP contribution in [0.15, 0.2) is 84.9 Å². The molecule has 0 spiro atoms. The van der Waals surface area contributed by atoms with Gasteiger partial charge in [-0.05, 0) is 70.5 Å². The van der Waals surface area contributed by atoms with Gasteiger partial charge >= 0.3 is 0 Å². The highest BCUT2D eigenvalue weighted by Gasteiger charge is 2.14. The average molecular weight is 394 g/mol. The van der Waals surface area contributed by atoms with Gasteiger partial charge in [0.1, 0.15) is 11.6 Å². The van der Waals surface area contributed by atoms with Gasteiger partial charge in [0.25, 0.3) is 0 Å². The first-order valence-corrected chi connectivity index (χ1v) is 10.5. The van der Waals surface area contributed by atoms with Gasteiger partial charge in [0.05, 0.1) is 0 Å². The lowest BCUT2D eigenvalue weighted by molar-refractivity contribution is 0.481. The van der Waals surface area contributed by atoms with Crippen LogP contribution in [0.3, 0.4) is 0 Å². The summed E-state index contributed by atoms with van der Waals surface area (Å²) in [5, 5.41) is 15.6. The predicted octanol–water partition coefficient (Wildman–Crippen LogP) is 7.56. The molecule has 30 heavy (non-hydrogen) atoms. The Hall–Kier alpha value is -3.39. The van der Waals surface area contributed by atoms with Gasteiger partial charge in [0.2, 0.25) is 0 Å². The minimum absolute atomic E-state index is 0.128. The van der Waals surface area contributed by atoms with Crippen LogP contribution >= 0.6 is 0 Å². The van der Waals surface area contributed by atoms with Gasteiger partial charge in [-0.3, -0.25) is 0 Å². The Morgan fingerprint density at radius 3 is 2.13 bits per heavy atom. The second-order valence-corrected chi connectivity index (χ2v) is 7.90. The first-order chi connectivity index (χ1) is 14.7. The summed E-state index contributed by atoms with van der Waals surface area (Å²) in [5.74, 6) is 0.222. The van der Waals surface area contributed by atoms with Crippen molar-refractivity contribution < 1.29 is 9.50 Å². The van der Waals surface area contributed by atoms with Gasteiger partial charge in [-0.25, -0.2) is 4.39 Å². The lowest BCUT2D eigenvalue weighted by atomic mass is 9.86. The minimum atomic E-state index is -0.128. The normalized spacial score (nSPS) is 13.1. The van der Waals surface area contributed by atoms with Crippen LogP contribution in [0.5, 0.6) is 5.75 Å². The zero-order chi connectivity index (χ0) is 20.5. The third-order valence-electron chi connectivity index (χ3n) is 6.10. The summed E-state index contributed by atoms with van der Waals surface area (Å²) in [7, 11) is 0. The van der Waals surface area contributed by atoms with Gasteiger partial charge in [0.15, 0.2) is 0 Å². The quantitative estimate of drug-likeness (QED) is 0.269. The molecule has 148 valence electrons. The summed E-state index contributed by atoms with van der Waals surface area (Å²) in [5.41, 5.74) is 2.96. The summed E-state index contributed by atoms with van der Waals surface area (Å²) < 4.78 is 13.9. The highest BCUT2D eigenvalue weighted by molar-refractivity contribution is 6.09. The molecule has 1 nitrogen and oxygen atoms in total. The number of phenols is 1. The van der Waals surface area contributed by atoms with E-state index < -0.39 is 0 Å². The molecule has 1 aliphatic carbocycles. The standard InChI is InChI=1S/C18H15F.C10H8O/c19-18-7-3-6-14-16-9-8-12-4-1-2-5-13(12)15(16)10-11-17(14)18;11-10-7-3-5-8-4-1-2-6-9(8)10/h3,6-11H,1-2,4-5H2;1-7,11H. The molecule has 0 bridgehead atoms. The van der Waals surface area contributed by atoms with E-state index in [2.05, 4.69) is 18.2 Å². The molecule has 0 atom stereocenters. The summed E-state index contributed by atoms with van der Waals surface area (Å²) in [6.45, 7) is 0. The van der Waals surface area contributed by atoms with E-state index in [4.69, 9.17) is 0 Å². The van der Waals surface area contributed by atoms with Crippen LogP contribution in [0.1, 0.15) is 24.0 Å². The number of rotatable bonds is 0. The van der Waals surface area contributed by atoms with E-state index in [0.717, 1.165) is 28.0 Å². The molecule has 1 N–H and O–H groups in total. The Morgan fingerprint density at radius 1 is 0.567 bits per heavy atom. The highest BCUT2D eigenvalue weighted by atomic mass is 19.1. The topological polar surface area (TPSA) is 20.2 Å². The van der Waals surface area contributed by atoms with Crippen LogP contribution in [0.25, 0.3) is 32.3 Å². The number of hydrogen-bond acceptors (Lipinski definition) is 1. The van der Waals surface area contributed by atoms with Crippen LogP contribution in [-0.4, -0.2) is 5.11 Å². The number of halogens is 1. The average Bonchev–Trinajstić information content (AvgIpc) is 2.80. The van der Waals surface area contributed by atoms with Crippen molar-refractivity contribution in [1.29, 1.82) is 0 Å². The molecule has 1 aliphatic rings. The molecule has 0 aliphatic heterocycles. The molecule has 0 saturated carbocycles. The Kier molecular flexibility index (Phi) is 4.84. The highest BCUT2D eigenvalue weighted by Crippen LogP contribution is 2.33. The van der Waals surface area contributed by atoms with Gasteiger partial charge in [-0.15, -0.1) is 0 Å². The fraction of sp³-hybridized carbons (Fsp3) is 0.143. The molecule has 0 aromatic heterocycles. The lowest BCUT2D eigenvalue weighted by Crippen LogP contribution is -2.03. The SMILES string of the molecule is Fc1cccc2c1ccc1c3c(ccc12)CCCC3.Oc1cccc2ccccc12. The van der Waals surface area contributed by atoms with E-state index in [-0.39, 0.29) is 5.82 Å². The molecule has 0 unspecified atom stereocenters. The van der Waals surface area contributed by atoms with Crippen molar-refractivity contribution in [2.24, 2.45) is 0 Å². The van der Waals surface area contributed by atoms with Crippen LogP contribution in [0.2, 0.25) is 0 Å². The third kappa shape index (κ3) is 3.29. The first-order valence-electron chi connectivity index (χ1n) is 10.5. The van der Waals surface area contributed by atoms with Crippen molar-refractivity contribution in [3.8, 4) is 5.75 Å². The van der Waals surface area contributed by atoms with Crippen molar-refractivity contribution in [2.45, 2.75) is 25.7 Å². The maximum absolute atomic E-state index is 13.9. The van der Waals surface area contributed by atoms with Crippen molar-refractivity contribution in [2.75, 3.05) is 0 Å². The van der Waals surface area contributed by atoms with Crippen molar-refractivity contribution in [1.82, 2.24) is 0 Å². The Bertz CT molecular complexity index is 1360. The van der Waals surface area contributed by atoms with Crippen LogP contribution < -0.4 is 0 Å². The van der Waals surface area contributed by atoms with E-state index in [1.54, 1.807) is 12.1 Å². The molecule has 5 aromatic rings. The van der Waals surface area contributed by atoms with E-state index in [0.29, 0.717) is 5.75 Å². The molecule has 0 saturated heterocycles. The number of aryl methyl sites for hydroxylation is 2. The number of hydrogen-bond donors (Lipinski definition) is 1.